The molecule has 2 atom stereocenters. The van der Waals surface area contributed by atoms with Crippen LogP contribution in [0.2, 0.25) is 0 Å². The molecule has 1 aliphatic rings. The Bertz CT molecular complexity index is 345. The molecule has 3 nitrogen and oxygen atoms in total. The Kier molecular flexibility index (Phi) is 3.01. The number of benzene rings is 1. The van der Waals surface area contributed by atoms with Crippen molar-refractivity contribution in [3.05, 3.63) is 33.1 Å². The zero-order chi connectivity index (χ0) is 10.1. The van der Waals surface area contributed by atoms with E-state index in [0.717, 1.165) is 15.6 Å². The Morgan fingerprint density at radius 1 is 1.43 bits per heavy atom. The predicted octanol–water partition coefficient (Wildman–Crippen LogP) is 1.25. The van der Waals surface area contributed by atoms with Gasteiger partial charge in [0.1, 0.15) is 5.82 Å². The molecule has 5 heteroatoms. The Morgan fingerprint density at radius 3 is 2.79 bits per heavy atom. The zero-order valence-corrected chi connectivity index (χ0v) is 9.58. The van der Waals surface area contributed by atoms with Crippen molar-refractivity contribution >= 4 is 22.6 Å². The van der Waals surface area contributed by atoms with Crippen molar-refractivity contribution in [2.75, 3.05) is 0 Å². The Labute approximate surface area is 95.4 Å². The molecule has 0 saturated carbocycles. The normalized spacial score (nSPS) is 26.8. The highest BCUT2D eigenvalue weighted by atomic mass is 127. The van der Waals surface area contributed by atoms with E-state index in [9.17, 15) is 4.39 Å². The van der Waals surface area contributed by atoms with E-state index in [-0.39, 0.29) is 18.0 Å². The fourth-order valence-electron chi connectivity index (χ4n) is 1.57. The third-order valence-electron chi connectivity index (χ3n) is 2.27. The van der Waals surface area contributed by atoms with Crippen LogP contribution in [0.3, 0.4) is 0 Å². The minimum Gasteiger partial charge on any atom is -0.315 e. The first-order valence-electron chi connectivity index (χ1n) is 4.38. The molecule has 4 N–H and O–H groups in total. The molecule has 1 heterocycles. The molecule has 14 heavy (non-hydrogen) atoms. The van der Waals surface area contributed by atoms with E-state index in [1.54, 1.807) is 6.07 Å². The number of hydrogen-bond donors (Lipinski definition) is 3. The van der Waals surface area contributed by atoms with Crippen molar-refractivity contribution in [2.45, 2.75) is 18.6 Å². The molecule has 76 valence electrons. The molecule has 0 aliphatic carbocycles. The van der Waals surface area contributed by atoms with E-state index >= 15 is 0 Å². The van der Waals surface area contributed by atoms with Crippen LogP contribution in [-0.2, 0) is 0 Å². The quantitative estimate of drug-likeness (QED) is 0.685. The molecule has 1 fully saturated rings. The van der Waals surface area contributed by atoms with Gasteiger partial charge in [-0.2, -0.15) is 0 Å². The van der Waals surface area contributed by atoms with Gasteiger partial charge in [-0.1, -0.05) is 6.07 Å². The lowest BCUT2D eigenvalue weighted by molar-refractivity contribution is 0.550. The minimum absolute atomic E-state index is 0.0270. The molecular formula is C9H11FIN3. The van der Waals surface area contributed by atoms with Crippen molar-refractivity contribution in [3.63, 3.8) is 0 Å². The van der Waals surface area contributed by atoms with Crippen LogP contribution in [0.25, 0.3) is 0 Å². The largest absolute Gasteiger partial charge is 0.315 e. The summed E-state index contributed by atoms with van der Waals surface area (Å²) in [6, 6.07) is 4.98. The molecule has 1 aromatic rings. The minimum atomic E-state index is -0.201. The summed E-state index contributed by atoms with van der Waals surface area (Å²) in [5, 5.41) is 0. The predicted molar refractivity (Wildman–Crippen MR) is 60.7 cm³/mol. The third-order valence-corrected chi connectivity index (χ3v) is 3.20. The monoisotopic (exact) mass is 307 g/mol. The Balaban J connectivity index is 2.24. The number of halogens is 2. The zero-order valence-electron chi connectivity index (χ0n) is 7.43. The average Bonchev–Trinajstić information content (AvgIpc) is 2.51. The molecule has 2 rings (SSSR count). The molecule has 1 saturated heterocycles. The van der Waals surface area contributed by atoms with Crippen LogP contribution in [-0.4, -0.2) is 6.17 Å². The molecule has 1 aliphatic heterocycles. The van der Waals surface area contributed by atoms with Crippen LogP contribution in [0.4, 0.5) is 4.39 Å². The highest BCUT2D eigenvalue weighted by Gasteiger charge is 2.23. The molecule has 0 radical (unpaired) electrons. The van der Waals surface area contributed by atoms with Gasteiger partial charge in [0.05, 0.1) is 12.2 Å². The number of hydrazine groups is 1. The fraction of sp³-hybridized carbons (Fsp3) is 0.333. The van der Waals surface area contributed by atoms with E-state index in [1.165, 1.54) is 12.1 Å². The SMILES string of the molecule is NC1CC(c2ccc(F)cc2I)NN1. The van der Waals surface area contributed by atoms with Crippen LogP contribution < -0.4 is 16.6 Å². The van der Waals surface area contributed by atoms with Gasteiger partial charge in [-0.05, 0) is 46.7 Å². The topological polar surface area (TPSA) is 50.1 Å². The number of hydrogen-bond acceptors (Lipinski definition) is 3. The van der Waals surface area contributed by atoms with Crippen LogP contribution >= 0.6 is 22.6 Å². The molecule has 0 bridgehead atoms. The summed E-state index contributed by atoms with van der Waals surface area (Å²) < 4.78 is 13.8. The second kappa shape index (κ2) is 4.09. The Hall–Kier alpha value is -0.240. The lowest BCUT2D eigenvalue weighted by atomic mass is 10.0. The number of nitrogens with two attached hydrogens (primary N) is 1. The van der Waals surface area contributed by atoms with Crippen LogP contribution in [0.1, 0.15) is 18.0 Å². The number of nitrogens with one attached hydrogen (secondary N) is 2. The van der Waals surface area contributed by atoms with E-state index < -0.39 is 0 Å². The van der Waals surface area contributed by atoms with E-state index in [1.807, 2.05) is 0 Å². The van der Waals surface area contributed by atoms with Gasteiger partial charge in [-0.25, -0.2) is 15.2 Å². The summed E-state index contributed by atoms with van der Waals surface area (Å²) in [6.07, 6.45) is 0.794. The van der Waals surface area contributed by atoms with Crippen LogP contribution in [0.5, 0.6) is 0 Å². The van der Waals surface area contributed by atoms with Gasteiger partial charge in [0.25, 0.3) is 0 Å². The molecule has 2 unspecified atom stereocenters. The smallest absolute Gasteiger partial charge is 0.124 e. The summed E-state index contributed by atoms with van der Waals surface area (Å²) in [5.41, 5.74) is 12.8. The van der Waals surface area contributed by atoms with Crippen molar-refractivity contribution in [2.24, 2.45) is 5.73 Å². The maximum absolute atomic E-state index is 12.8. The highest BCUT2D eigenvalue weighted by molar-refractivity contribution is 14.1. The molecule has 1 aromatic carbocycles. The van der Waals surface area contributed by atoms with E-state index in [2.05, 4.69) is 33.4 Å². The van der Waals surface area contributed by atoms with Gasteiger partial charge < -0.3 is 5.73 Å². The van der Waals surface area contributed by atoms with Gasteiger partial charge in [-0.15, -0.1) is 0 Å². The summed E-state index contributed by atoms with van der Waals surface area (Å²) in [4.78, 5) is 0. The van der Waals surface area contributed by atoms with Crippen molar-refractivity contribution < 1.29 is 4.39 Å². The third kappa shape index (κ3) is 2.05. The second-order valence-corrected chi connectivity index (χ2v) is 4.51. The van der Waals surface area contributed by atoms with Gasteiger partial charge in [0.15, 0.2) is 0 Å². The first-order valence-corrected chi connectivity index (χ1v) is 5.46. The molecule has 0 aromatic heterocycles. The number of rotatable bonds is 1. The highest BCUT2D eigenvalue weighted by Crippen LogP contribution is 2.25. The maximum atomic E-state index is 12.8. The summed E-state index contributed by atoms with van der Waals surface area (Å²) >= 11 is 2.13. The second-order valence-electron chi connectivity index (χ2n) is 3.35. The van der Waals surface area contributed by atoms with Gasteiger partial charge in [0, 0.05) is 3.57 Å². The lowest BCUT2D eigenvalue weighted by Crippen LogP contribution is -2.36. The van der Waals surface area contributed by atoms with Crippen LogP contribution in [0, 0.1) is 9.39 Å². The standard InChI is InChI=1S/C9H11FIN3/c10-5-1-2-6(7(11)3-5)8-4-9(12)14-13-8/h1-3,8-9,13-14H,4,12H2. The van der Waals surface area contributed by atoms with E-state index in [0.29, 0.717) is 0 Å². The lowest BCUT2D eigenvalue weighted by Gasteiger charge is -2.11. The average molecular weight is 307 g/mol. The molecule has 0 spiro atoms. The molecule has 0 amide bonds. The van der Waals surface area contributed by atoms with Crippen molar-refractivity contribution in [1.29, 1.82) is 0 Å². The summed E-state index contributed by atoms with van der Waals surface area (Å²) in [6.45, 7) is 0. The van der Waals surface area contributed by atoms with Gasteiger partial charge in [0.2, 0.25) is 0 Å². The first kappa shape index (κ1) is 10.3. The first-order chi connectivity index (χ1) is 6.66. The van der Waals surface area contributed by atoms with Crippen LogP contribution in [0.15, 0.2) is 18.2 Å². The molecular weight excluding hydrogens is 296 g/mol. The summed E-state index contributed by atoms with van der Waals surface area (Å²) in [5.74, 6) is -0.201. The Morgan fingerprint density at radius 2 is 2.21 bits per heavy atom. The maximum Gasteiger partial charge on any atom is 0.124 e. The van der Waals surface area contributed by atoms with Crippen molar-refractivity contribution in [1.82, 2.24) is 10.9 Å². The van der Waals surface area contributed by atoms with Gasteiger partial charge in [-0.3, -0.25) is 0 Å². The summed E-state index contributed by atoms with van der Waals surface area (Å²) in [7, 11) is 0. The van der Waals surface area contributed by atoms with E-state index in [4.69, 9.17) is 5.73 Å². The van der Waals surface area contributed by atoms with Gasteiger partial charge >= 0.3 is 0 Å². The van der Waals surface area contributed by atoms with Crippen molar-refractivity contribution in [3.8, 4) is 0 Å². The fourth-order valence-corrected chi connectivity index (χ4v) is 2.42.